The smallest absolute Gasteiger partial charge is 0.305 e. The van der Waals surface area contributed by atoms with Gasteiger partial charge in [0.15, 0.2) is 0 Å². The quantitative estimate of drug-likeness (QED) is 0.574. The summed E-state index contributed by atoms with van der Waals surface area (Å²) in [5.41, 5.74) is 0. The lowest BCUT2D eigenvalue weighted by molar-refractivity contribution is -0.140. The fraction of sp³-hybridized carbons (Fsp3) is 0.364. The van der Waals surface area contributed by atoms with Crippen LogP contribution in [-0.2, 0) is 9.53 Å². The molecule has 0 bridgehead atoms. The molecule has 1 aromatic rings. The Balaban J connectivity index is 2.23. The Morgan fingerprint density at radius 2 is 2.27 bits per heavy atom. The summed E-state index contributed by atoms with van der Waals surface area (Å²) >= 11 is 5.78. The van der Waals surface area contributed by atoms with E-state index < -0.39 is 0 Å². The minimum atomic E-state index is -0.218. The molecule has 0 heterocycles. The van der Waals surface area contributed by atoms with Gasteiger partial charge in [-0.3, -0.25) is 4.79 Å². The lowest BCUT2D eigenvalue weighted by atomic mass is 10.3. The summed E-state index contributed by atoms with van der Waals surface area (Å²) in [5.74, 6) is 0.497. The van der Waals surface area contributed by atoms with Gasteiger partial charge in [-0.1, -0.05) is 17.7 Å². The van der Waals surface area contributed by atoms with E-state index in [-0.39, 0.29) is 5.97 Å². The minimum Gasteiger partial charge on any atom is -0.494 e. The monoisotopic (exact) mass is 228 g/mol. The first-order chi connectivity index (χ1) is 7.22. The zero-order valence-electron chi connectivity index (χ0n) is 8.53. The molecule has 0 fully saturated rings. The number of benzene rings is 1. The molecule has 0 radical (unpaired) electrons. The minimum absolute atomic E-state index is 0.218. The van der Waals surface area contributed by atoms with Crippen LogP contribution in [0.5, 0.6) is 5.75 Å². The van der Waals surface area contributed by atoms with E-state index in [2.05, 4.69) is 4.74 Å². The SMILES string of the molecule is COC(=O)CCCOc1cccc(Cl)c1. The molecule has 0 aliphatic rings. The van der Waals surface area contributed by atoms with Crippen molar-refractivity contribution >= 4 is 17.6 Å². The maximum Gasteiger partial charge on any atom is 0.305 e. The normalized spacial score (nSPS) is 9.73. The molecule has 0 saturated heterocycles. The van der Waals surface area contributed by atoms with Crippen molar-refractivity contribution in [2.75, 3.05) is 13.7 Å². The molecular formula is C11H13ClO3. The van der Waals surface area contributed by atoms with Gasteiger partial charge in [0.1, 0.15) is 5.75 Å². The van der Waals surface area contributed by atoms with Crippen molar-refractivity contribution in [3.8, 4) is 5.75 Å². The van der Waals surface area contributed by atoms with Crippen LogP contribution < -0.4 is 4.74 Å². The number of methoxy groups -OCH3 is 1. The number of carbonyl (C=O) groups is 1. The van der Waals surface area contributed by atoms with Crippen LogP contribution >= 0.6 is 11.6 Å². The van der Waals surface area contributed by atoms with Crippen LogP contribution in [0.1, 0.15) is 12.8 Å². The van der Waals surface area contributed by atoms with E-state index in [0.29, 0.717) is 30.2 Å². The van der Waals surface area contributed by atoms with Gasteiger partial charge in [-0.25, -0.2) is 0 Å². The second-order valence-electron chi connectivity index (χ2n) is 2.99. The first kappa shape index (κ1) is 11.9. The van der Waals surface area contributed by atoms with Gasteiger partial charge in [0.05, 0.1) is 13.7 Å². The third-order valence-corrected chi connectivity index (χ3v) is 2.05. The Kier molecular flexibility index (Phi) is 4.98. The number of halogens is 1. The first-order valence-electron chi connectivity index (χ1n) is 4.67. The maximum absolute atomic E-state index is 10.8. The Morgan fingerprint density at radius 3 is 2.93 bits per heavy atom. The number of carbonyl (C=O) groups excluding carboxylic acids is 1. The van der Waals surface area contributed by atoms with Gasteiger partial charge >= 0.3 is 5.97 Å². The highest BCUT2D eigenvalue weighted by Gasteiger charge is 2.00. The predicted molar refractivity (Wildman–Crippen MR) is 58.2 cm³/mol. The highest BCUT2D eigenvalue weighted by molar-refractivity contribution is 6.30. The van der Waals surface area contributed by atoms with Crippen LogP contribution in [0.15, 0.2) is 24.3 Å². The van der Waals surface area contributed by atoms with Gasteiger partial charge in [-0.05, 0) is 24.6 Å². The molecule has 4 heteroatoms. The average Bonchev–Trinajstić information content (AvgIpc) is 2.24. The number of hydrogen-bond acceptors (Lipinski definition) is 3. The van der Waals surface area contributed by atoms with Crippen molar-refractivity contribution in [3.63, 3.8) is 0 Å². The summed E-state index contributed by atoms with van der Waals surface area (Å²) < 4.78 is 9.90. The third kappa shape index (κ3) is 4.70. The van der Waals surface area contributed by atoms with E-state index in [9.17, 15) is 4.79 Å². The van der Waals surface area contributed by atoms with Gasteiger partial charge in [0, 0.05) is 11.4 Å². The van der Waals surface area contributed by atoms with Gasteiger partial charge in [-0.2, -0.15) is 0 Å². The van der Waals surface area contributed by atoms with Crippen molar-refractivity contribution < 1.29 is 14.3 Å². The van der Waals surface area contributed by atoms with Crippen LogP contribution in [0.4, 0.5) is 0 Å². The van der Waals surface area contributed by atoms with Crippen LogP contribution in [0, 0.1) is 0 Å². The lowest BCUT2D eigenvalue weighted by Gasteiger charge is -2.05. The van der Waals surface area contributed by atoms with E-state index in [1.807, 2.05) is 12.1 Å². The Labute approximate surface area is 93.9 Å². The highest BCUT2D eigenvalue weighted by atomic mass is 35.5. The topological polar surface area (TPSA) is 35.5 Å². The summed E-state index contributed by atoms with van der Waals surface area (Å²) in [7, 11) is 1.38. The first-order valence-corrected chi connectivity index (χ1v) is 5.05. The Morgan fingerprint density at radius 1 is 1.47 bits per heavy atom. The zero-order chi connectivity index (χ0) is 11.1. The summed E-state index contributed by atoms with van der Waals surface area (Å²) in [6.07, 6.45) is 1.01. The zero-order valence-corrected chi connectivity index (χ0v) is 9.29. The van der Waals surface area contributed by atoms with Crippen molar-refractivity contribution in [1.29, 1.82) is 0 Å². The van der Waals surface area contributed by atoms with Crippen molar-refractivity contribution in [2.24, 2.45) is 0 Å². The Bertz CT molecular complexity index is 325. The van der Waals surface area contributed by atoms with E-state index in [1.54, 1.807) is 12.1 Å². The molecule has 0 amide bonds. The molecule has 0 N–H and O–H groups in total. The number of rotatable bonds is 5. The molecule has 15 heavy (non-hydrogen) atoms. The van der Waals surface area contributed by atoms with E-state index in [1.165, 1.54) is 7.11 Å². The molecule has 1 aromatic carbocycles. The fourth-order valence-electron chi connectivity index (χ4n) is 1.07. The summed E-state index contributed by atoms with van der Waals surface area (Å²) in [6, 6.07) is 7.16. The number of esters is 1. The van der Waals surface area contributed by atoms with Gasteiger partial charge < -0.3 is 9.47 Å². The number of ether oxygens (including phenoxy) is 2. The summed E-state index contributed by atoms with van der Waals surface area (Å²) in [5, 5.41) is 0.639. The molecule has 0 aliphatic carbocycles. The van der Waals surface area contributed by atoms with E-state index in [4.69, 9.17) is 16.3 Å². The number of hydrogen-bond donors (Lipinski definition) is 0. The highest BCUT2D eigenvalue weighted by Crippen LogP contribution is 2.17. The van der Waals surface area contributed by atoms with Crippen molar-refractivity contribution in [1.82, 2.24) is 0 Å². The van der Waals surface area contributed by atoms with Gasteiger partial charge in [0.2, 0.25) is 0 Å². The fourth-order valence-corrected chi connectivity index (χ4v) is 1.25. The van der Waals surface area contributed by atoms with Crippen LogP contribution in [0.25, 0.3) is 0 Å². The Hall–Kier alpha value is -1.22. The van der Waals surface area contributed by atoms with E-state index >= 15 is 0 Å². The van der Waals surface area contributed by atoms with Crippen LogP contribution in [0.2, 0.25) is 5.02 Å². The molecule has 0 aromatic heterocycles. The van der Waals surface area contributed by atoms with Crippen molar-refractivity contribution in [3.05, 3.63) is 29.3 Å². The van der Waals surface area contributed by atoms with Gasteiger partial charge in [-0.15, -0.1) is 0 Å². The molecule has 3 nitrogen and oxygen atoms in total. The second-order valence-corrected chi connectivity index (χ2v) is 3.42. The largest absolute Gasteiger partial charge is 0.494 e. The van der Waals surface area contributed by atoms with Crippen LogP contribution in [0.3, 0.4) is 0 Å². The maximum atomic E-state index is 10.8. The summed E-state index contributed by atoms with van der Waals surface area (Å²) in [4.78, 5) is 10.8. The molecule has 1 rings (SSSR count). The van der Waals surface area contributed by atoms with Gasteiger partial charge in [0.25, 0.3) is 0 Å². The average molecular weight is 229 g/mol. The van der Waals surface area contributed by atoms with E-state index in [0.717, 1.165) is 0 Å². The predicted octanol–water partition coefficient (Wildman–Crippen LogP) is 2.67. The molecular weight excluding hydrogens is 216 g/mol. The molecule has 0 atom stereocenters. The molecule has 0 saturated carbocycles. The summed E-state index contributed by atoms with van der Waals surface area (Å²) in [6.45, 7) is 0.482. The molecule has 82 valence electrons. The van der Waals surface area contributed by atoms with Crippen LogP contribution in [-0.4, -0.2) is 19.7 Å². The molecule has 0 aliphatic heterocycles. The second kappa shape index (κ2) is 6.30. The third-order valence-electron chi connectivity index (χ3n) is 1.82. The molecule has 0 spiro atoms. The standard InChI is InChI=1S/C11H13ClO3/c1-14-11(13)6-3-7-15-10-5-2-4-9(12)8-10/h2,4-5,8H,3,6-7H2,1H3. The lowest BCUT2D eigenvalue weighted by Crippen LogP contribution is -2.04. The molecule has 0 unspecified atom stereocenters. The van der Waals surface area contributed by atoms with Crippen molar-refractivity contribution in [2.45, 2.75) is 12.8 Å².